The van der Waals surface area contributed by atoms with Gasteiger partial charge in [0.25, 0.3) is 0 Å². The molecule has 0 aliphatic carbocycles. The molecular weight excluding hydrogens is 312 g/mol. The second-order valence-electron chi connectivity index (χ2n) is 4.80. The van der Waals surface area contributed by atoms with Gasteiger partial charge < -0.3 is 15.4 Å². The fourth-order valence-electron chi connectivity index (χ4n) is 2.02. The molecule has 1 N–H and O–H groups in total. The summed E-state index contributed by atoms with van der Waals surface area (Å²) in [6, 6.07) is 0.641. The molecule has 0 bridgehead atoms. The second kappa shape index (κ2) is 6.14. The van der Waals surface area contributed by atoms with Crippen molar-refractivity contribution in [3.63, 3.8) is 0 Å². The number of carbonyl (C=O) groups is 1. The lowest BCUT2D eigenvalue weighted by Crippen LogP contribution is -2.32. The molecule has 1 amide bonds. The van der Waals surface area contributed by atoms with Gasteiger partial charge in [0.2, 0.25) is 5.91 Å². The first-order valence-electron chi connectivity index (χ1n) is 6.46. The summed E-state index contributed by atoms with van der Waals surface area (Å²) in [5, 5.41) is 21.7. The van der Waals surface area contributed by atoms with Crippen molar-refractivity contribution in [3.8, 4) is 0 Å². The van der Waals surface area contributed by atoms with Crippen molar-refractivity contribution in [2.24, 2.45) is 7.05 Å². The molecule has 2 aromatic rings. The van der Waals surface area contributed by atoms with E-state index in [9.17, 15) is 14.9 Å². The van der Waals surface area contributed by atoms with Crippen LogP contribution in [0.25, 0.3) is 0 Å². The molecule has 0 aliphatic heterocycles. The van der Waals surface area contributed by atoms with E-state index in [0.717, 1.165) is 0 Å². The maximum atomic E-state index is 12.2. The largest absolute Gasteiger partial charge is 0.390 e. The van der Waals surface area contributed by atoms with Crippen LogP contribution in [-0.2, 0) is 18.4 Å². The average Bonchev–Trinajstić information content (AvgIpc) is 2.99. The van der Waals surface area contributed by atoms with Crippen LogP contribution in [0, 0.1) is 17.0 Å². The monoisotopic (exact) mass is 326 g/mol. The predicted molar refractivity (Wildman–Crippen MR) is 78.4 cm³/mol. The smallest absolute Gasteiger partial charge is 0.358 e. The minimum Gasteiger partial charge on any atom is -0.358 e. The van der Waals surface area contributed by atoms with Gasteiger partial charge in [-0.25, -0.2) is 0 Å². The van der Waals surface area contributed by atoms with Crippen molar-refractivity contribution in [1.29, 1.82) is 0 Å². The van der Waals surface area contributed by atoms with Gasteiger partial charge in [-0.1, -0.05) is 11.6 Å². The van der Waals surface area contributed by atoms with E-state index in [2.05, 4.69) is 15.5 Å². The molecule has 0 radical (unpaired) electrons. The quantitative estimate of drug-likeness (QED) is 0.659. The van der Waals surface area contributed by atoms with Crippen LogP contribution in [0.2, 0.25) is 5.02 Å². The molecule has 1 atom stereocenters. The highest BCUT2D eigenvalue weighted by atomic mass is 35.5. The second-order valence-corrected chi connectivity index (χ2v) is 5.21. The lowest BCUT2D eigenvalue weighted by molar-refractivity contribution is -0.389. The van der Waals surface area contributed by atoms with Gasteiger partial charge in [0.05, 0.1) is 40.3 Å². The number of hydrogen-bond acceptors (Lipinski definition) is 5. The number of nitrogens with zero attached hydrogens (tertiary/aromatic N) is 5. The summed E-state index contributed by atoms with van der Waals surface area (Å²) in [6.45, 7) is 3.48. The summed E-state index contributed by atoms with van der Waals surface area (Å²) in [5.74, 6) is -0.606. The fraction of sp³-hybridized carbons (Fsp3) is 0.417. The molecule has 0 saturated carbocycles. The molecule has 2 heterocycles. The first-order valence-corrected chi connectivity index (χ1v) is 6.83. The van der Waals surface area contributed by atoms with E-state index >= 15 is 0 Å². The van der Waals surface area contributed by atoms with Gasteiger partial charge in [-0.15, -0.1) is 0 Å². The van der Waals surface area contributed by atoms with Gasteiger partial charge in [0, 0.05) is 7.05 Å². The SMILES string of the molecule is Cc1cc([N+](=O)[O-])nn1C(C)C(=O)NCc1c(Cl)cnn1C. The Balaban J connectivity index is 2.08. The average molecular weight is 327 g/mol. The van der Waals surface area contributed by atoms with Crippen LogP contribution in [0.3, 0.4) is 0 Å². The number of nitrogens with one attached hydrogen (secondary N) is 1. The van der Waals surface area contributed by atoms with Gasteiger partial charge in [-0.2, -0.15) is 9.78 Å². The van der Waals surface area contributed by atoms with Crippen molar-refractivity contribution in [2.45, 2.75) is 26.4 Å². The Morgan fingerprint density at radius 3 is 2.77 bits per heavy atom. The van der Waals surface area contributed by atoms with E-state index in [1.54, 1.807) is 25.6 Å². The highest BCUT2D eigenvalue weighted by Gasteiger charge is 2.24. The fourth-order valence-corrected chi connectivity index (χ4v) is 2.25. The number of hydrogen-bond donors (Lipinski definition) is 1. The summed E-state index contributed by atoms with van der Waals surface area (Å²) < 4.78 is 2.88. The minimum atomic E-state index is -0.680. The Labute approximate surface area is 131 Å². The Kier molecular flexibility index (Phi) is 4.45. The van der Waals surface area contributed by atoms with Crippen LogP contribution in [0.15, 0.2) is 12.3 Å². The maximum Gasteiger partial charge on any atom is 0.390 e. The van der Waals surface area contributed by atoms with Crippen LogP contribution < -0.4 is 5.32 Å². The molecule has 0 spiro atoms. The van der Waals surface area contributed by atoms with Crippen LogP contribution in [-0.4, -0.2) is 30.4 Å². The summed E-state index contributed by atoms with van der Waals surface area (Å²) >= 11 is 5.96. The van der Waals surface area contributed by atoms with Crippen molar-refractivity contribution in [3.05, 3.63) is 38.8 Å². The number of nitro groups is 1. The zero-order valence-corrected chi connectivity index (χ0v) is 13.0. The van der Waals surface area contributed by atoms with Crippen LogP contribution in [0.1, 0.15) is 24.4 Å². The third kappa shape index (κ3) is 3.08. The number of rotatable bonds is 5. The molecule has 0 fully saturated rings. The van der Waals surface area contributed by atoms with Gasteiger partial charge in [0.15, 0.2) is 0 Å². The Bertz CT molecular complexity index is 703. The summed E-state index contributed by atoms with van der Waals surface area (Å²) in [6.07, 6.45) is 1.49. The zero-order valence-electron chi connectivity index (χ0n) is 12.3. The van der Waals surface area contributed by atoms with Crippen molar-refractivity contribution < 1.29 is 9.72 Å². The Morgan fingerprint density at radius 2 is 2.27 bits per heavy atom. The molecular formula is C12H15ClN6O3. The van der Waals surface area contributed by atoms with Gasteiger partial charge in [-0.3, -0.25) is 9.48 Å². The molecule has 0 saturated heterocycles. The summed E-state index contributed by atoms with van der Waals surface area (Å²) in [4.78, 5) is 22.3. The van der Waals surface area contributed by atoms with Crippen molar-refractivity contribution >= 4 is 23.3 Å². The number of carbonyl (C=O) groups excluding carboxylic acids is 1. The molecule has 2 aromatic heterocycles. The lowest BCUT2D eigenvalue weighted by Gasteiger charge is -2.11. The van der Waals surface area contributed by atoms with Gasteiger partial charge >= 0.3 is 5.82 Å². The van der Waals surface area contributed by atoms with E-state index < -0.39 is 11.0 Å². The molecule has 2 rings (SSSR count). The maximum absolute atomic E-state index is 12.2. The minimum absolute atomic E-state index is 0.209. The van der Waals surface area contributed by atoms with Crippen LogP contribution in [0.5, 0.6) is 0 Å². The molecule has 0 aromatic carbocycles. The molecule has 22 heavy (non-hydrogen) atoms. The normalized spacial score (nSPS) is 12.2. The van der Waals surface area contributed by atoms with E-state index in [4.69, 9.17) is 11.6 Å². The summed E-state index contributed by atoms with van der Waals surface area (Å²) in [7, 11) is 1.72. The van der Waals surface area contributed by atoms with E-state index in [1.165, 1.54) is 16.9 Å². The number of aromatic nitrogens is 4. The first-order chi connectivity index (χ1) is 10.3. The van der Waals surface area contributed by atoms with Crippen LogP contribution in [0.4, 0.5) is 5.82 Å². The lowest BCUT2D eigenvalue weighted by atomic mass is 10.3. The molecule has 10 heteroatoms. The number of amides is 1. The van der Waals surface area contributed by atoms with Crippen molar-refractivity contribution in [1.82, 2.24) is 24.9 Å². The molecule has 0 aliphatic rings. The van der Waals surface area contributed by atoms with E-state index in [0.29, 0.717) is 16.4 Å². The number of halogens is 1. The standard InChI is InChI=1S/C12H15ClN6O3/c1-7-4-11(19(21)22)16-18(7)8(2)12(20)14-6-10-9(13)5-15-17(10)3/h4-5,8H,6H2,1-3H3,(H,14,20). The zero-order chi connectivity index (χ0) is 16.4. The predicted octanol–water partition coefficient (Wildman–Crippen LogP) is 1.36. The first kappa shape index (κ1) is 16.0. The highest BCUT2D eigenvalue weighted by Crippen LogP contribution is 2.17. The molecule has 9 nitrogen and oxygen atoms in total. The van der Waals surface area contributed by atoms with E-state index in [-0.39, 0.29) is 18.3 Å². The van der Waals surface area contributed by atoms with Gasteiger partial charge in [0.1, 0.15) is 6.04 Å². The summed E-state index contributed by atoms with van der Waals surface area (Å²) in [5.41, 5.74) is 1.21. The van der Waals surface area contributed by atoms with Crippen molar-refractivity contribution in [2.75, 3.05) is 0 Å². The Morgan fingerprint density at radius 1 is 1.59 bits per heavy atom. The third-order valence-electron chi connectivity index (χ3n) is 3.28. The molecule has 118 valence electrons. The van der Waals surface area contributed by atoms with E-state index in [1.807, 2.05) is 0 Å². The molecule has 1 unspecified atom stereocenters. The van der Waals surface area contributed by atoms with Gasteiger partial charge in [-0.05, 0) is 18.8 Å². The topological polar surface area (TPSA) is 108 Å². The number of aryl methyl sites for hydroxylation is 2. The third-order valence-corrected chi connectivity index (χ3v) is 3.60. The Hall–Kier alpha value is -2.42. The van der Waals surface area contributed by atoms with Crippen LogP contribution >= 0.6 is 11.6 Å². The highest BCUT2D eigenvalue weighted by molar-refractivity contribution is 6.31.